The van der Waals surface area contributed by atoms with E-state index >= 15 is 0 Å². The van der Waals surface area contributed by atoms with Gasteiger partial charge in [-0.05, 0) is 54.2 Å². The van der Waals surface area contributed by atoms with E-state index in [0.717, 1.165) is 23.7 Å². The second-order valence-electron chi connectivity index (χ2n) is 8.81. The highest BCUT2D eigenvalue weighted by atomic mass is 32.2. The van der Waals surface area contributed by atoms with Gasteiger partial charge < -0.3 is 24.1 Å². The summed E-state index contributed by atoms with van der Waals surface area (Å²) in [6.45, 7) is 2.49. The van der Waals surface area contributed by atoms with Gasteiger partial charge in [-0.25, -0.2) is 0 Å². The number of ether oxygens (including phenoxy) is 2. The van der Waals surface area contributed by atoms with Gasteiger partial charge in [-0.3, -0.25) is 29.4 Å². The van der Waals surface area contributed by atoms with Crippen LogP contribution in [-0.4, -0.2) is 66.8 Å². The molecule has 0 unspecified atom stereocenters. The van der Waals surface area contributed by atoms with Crippen molar-refractivity contribution in [1.29, 1.82) is 0 Å². The Labute approximate surface area is 232 Å². The normalized spacial score (nSPS) is 16.5. The molecule has 1 aromatic heterocycles. The Hall–Kier alpha value is -4.62. The average Bonchev–Trinajstić information content (AvgIpc) is 3.53. The summed E-state index contributed by atoms with van der Waals surface area (Å²) in [5.41, 5.74) is 1.92. The van der Waals surface area contributed by atoms with E-state index in [2.05, 4.69) is 10.2 Å². The third kappa shape index (κ3) is 5.84. The Kier molecular flexibility index (Phi) is 7.84. The molecule has 2 aliphatic rings. The number of methoxy groups -OCH3 is 1. The molecule has 0 saturated carbocycles. The third-order valence-corrected chi connectivity index (χ3v) is 7.17. The Balaban J connectivity index is 1.23. The molecule has 206 valence electrons. The SMILES string of the molecule is COc1cc([N+](=O)[O-])ccc1-c1ccc(/C=C2/SC(=O)N(CC(=O)Nc3ccc(N4CCOCC4)cc3)C2=O)o1. The van der Waals surface area contributed by atoms with Gasteiger partial charge in [-0.1, -0.05) is 0 Å². The number of thioether (sulfide) groups is 1. The number of morpholine rings is 1. The number of rotatable bonds is 8. The minimum absolute atomic E-state index is 0.101. The van der Waals surface area contributed by atoms with Crippen LogP contribution in [0.5, 0.6) is 5.75 Å². The van der Waals surface area contributed by atoms with Gasteiger partial charge in [0, 0.05) is 36.6 Å². The summed E-state index contributed by atoms with van der Waals surface area (Å²) < 4.78 is 16.4. The minimum Gasteiger partial charge on any atom is -0.496 e. The molecule has 2 aromatic carbocycles. The molecule has 3 aromatic rings. The zero-order chi connectivity index (χ0) is 28.2. The van der Waals surface area contributed by atoms with Crippen molar-refractivity contribution in [2.45, 2.75) is 0 Å². The van der Waals surface area contributed by atoms with Crippen LogP contribution in [0.25, 0.3) is 17.4 Å². The predicted octanol–water partition coefficient (Wildman–Crippen LogP) is 4.38. The van der Waals surface area contributed by atoms with Crippen LogP contribution in [0.4, 0.5) is 21.9 Å². The van der Waals surface area contributed by atoms with Crippen molar-refractivity contribution in [3.8, 4) is 17.1 Å². The van der Waals surface area contributed by atoms with E-state index in [1.165, 1.54) is 31.4 Å². The molecule has 1 N–H and O–H groups in total. The number of imide groups is 1. The molecule has 3 heterocycles. The van der Waals surface area contributed by atoms with Crippen molar-refractivity contribution in [3.05, 3.63) is 75.4 Å². The van der Waals surface area contributed by atoms with Crippen molar-refractivity contribution in [2.24, 2.45) is 0 Å². The van der Waals surface area contributed by atoms with Crippen LogP contribution in [0.1, 0.15) is 5.76 Å². The first-order chi connectivity index (χ1) is 19.3. The number of nitro groups is 1. The predicted molar refractivity (Wildman–Crippen MR) is 148 cm³/mol. The lowest BCUT2D eigenvalue weighted by molar-refractivity contribution is -0.384. The van der Waals surface area contributed by atoms with Crippen molar-refractivity contribution in [2.75, 3.05) is 50.2 Å². The van der Waals surface area contributed by atoms with Gasteiger partial charge in [-0.15, -0.1) is 0 Å². The summed E-state index contributed by atoms with van der Waals surface area (Å²) >= 11 is 0.704. The van der Waals surface area contributed by atoms with Gasteiger partial charge >= 0.3 is 0 Å². The molecule has 2 fully saturated rings. The summed E-state index contributed by atoms with van der Waals surface area (Å²) in [6.07, 6.45) is 1.41. The largest absolute Gasteiger partial charge is 0.496 e. The topological polar surface area (TPSA) is 144 Å². The fourth-order valence-corrected chi connectivity index (χ4v) is 5.08. The first kappa shape index (κ1) is 27.0. The standard InChI is InChI=1S/C27H24N4O8S/c1-37-23-14-19(31(35)36)6-8-21(23)22-9-7-20(39-22)15-24-26(33)30(27(34)40-24)16-25(32)28-17-2-4-18(5-3-17)29-10-12-38-13-11-29/h2-9,14-15H,10-13,16H2,1H3,(H,28,32)/b24-15+. The molecule has 0 bridgehead atoms. The number of benzene rings is 2. The number of non-ortho nitro benzene ring substituents is 1. The highest BCUT2D eigenvalue weighted by Crippen LogP contribution is 2.36. The summed E-state index contributed by atoms with van der Waals surface area (Å²) in [5, 5.41) is 13.2. The second kappa shape index (κ2) is 11.6. The Morgan fingerprint density at radius 3 is 2.58 bits per heavy atom. The summed E-state index contributed by atoms with van der Waals surface area (Å²) in [4.78, 5) is 51.7. The zero-order valence-electron chi connectivity index (χ0n) is 21.3. The number of nitrogens with zero attached hydrogens (tertiary/aromatic N) is 3. The number of carbonyl (C=O) groups excluding carboxylic acids is 3. The maximum Gasteiger partial charge on any atom is 0.294 e. The summed E-state index contributed by atoms with van der Waals surface area (Å²) in [7, 11) is 1.39. The molecule has 12 nitrogen and oxygen atoms in total. The van der Waals surface area contributed by atoms with Crippen LogP contribution in [0.3, 0.4) is 0 Å². The van der Waals surface area contributed by atoms with Crippen molar-refractivity contribution in [3.63, 3.8) is 0 Å². The number of nitro benzene ring substituents is 1. The van der Waals surface area contributed by atoms with E-state index in [1.807, 2.05) is 12.1 Å². The smallest absolute Gasteiger partial charge is 0.294 e. The van der Waals surface area contributed by atoms with Crippen LogP contribution >= 0.6 is 11.8 Å². The van der Waals surface area contributed by atoms with Crippen LogP contribution < -0.4 is 15.0 Å². The number of carbonyl (C=O) groups is 3. The molecule has 2 aliphatic heterocycles. The first-order valence-electron chi connectivity index (χ1n) is 12.2. The fraction of sp³-hybridized carbons (Fsp3) is 0.222. The minimum atomic E-state index is -0.612. The van der Waals surface area contributed by atoms with Crippen LogP contribution in [0, 0.1) is 10.1 Å². The van der Waals surface area contributed by atoms with Gasteiger partial charge in [0.2, 0.25) is 5.91 Å². The van der Waals surface area contributed by atoms with E-state index in [0.29, 0.717) is 42.0 Å². The fourth-order valence-electron chi connectivity index (χ4n) is 4.26. The lowest BCUT2D eigenvalue weighted by Crippen LogP contribution is -2.36. The quantitative estimate of drug-likeness (QED) is 0.238. The van der Waals surface area contributed by atoms with Gasteiger partial charge in [0.25, 0.3) is 16.8 Å². The molecule has 0 spiro atoms. The average molecular weight is 565 g/mol. The number of anilines is 2. The maximum atomic E-state index is 12.9. The van der Waals surface area contributed by atoms with E-state index in [-0.39, 0.29) is 22.1 Å². The van der Waals surface area contributed by atoms with Crippen LogP contribution in [0.15, 0.2) is 63.9 Å². The lowest BCUT2D eigenvalue weighted by Gasteiger charge is -2.28. The number of furan rings is 1. The summed E-state index contributed by atoms with van der Waals surface area (Å²) in [6, 6.07) is 14.7. The summed E-state index contributed by atoms with van der Waals surface area (Å²) in [5.74, 6) is -0.231. The highest BCUT2D eigenvalue weighted by molar-refractivity contribution is 8.18. The molecule has 2 saturated heterocycles. The van der Waals surface area contributed by atoms with Crippen LogP contribution in [-0.2, 0) is 14.3 Å². The Morgan fingerprint density at radius 2 is 1.88 bits per heavy atom. The van der Waals surface area contributed by atoms with Gasteiger partial charge in [0.05, 0.1) is 41.8 Å². The molecular weight excluding hydrogens is 540 g/mol. The molecule has 0 atom stereocenters. The number of hydrogen-bond donors (Lipinski definition) is 1. The molecule has 5 rings (SSSR count). The lowest BCUT2D eigenvalue weighted by atomic mass is 10.1. The zero-order valence-corrected chi connectivity index (χ0v) is 22.1. The van der Waals surface area contributed by atoms with Crippen molar-refractivity contribution >= 4 is 52.0 Å². The third-order valence-electron chi connectivity index (χ3n) is 6.26. The first-order valence-corrected chi connectivity index (χ1v) is 13.0. The number of nitrogens with one attached hydrogen (secondary N) is 1. The molecule has 3 amide bonds. The monoisotopic (exact) mass is 564 g/mol. The molecular formula is C27H24N4O8S. The maximum absolute atomic E-state index is 12.9. The Bertz CT molecular complexity index is 1490. The highest BCUT2D eigenvalue weighted by Gasteiger charge is 2.36. The van der Waals surface area contributed by atoms with E-state index in [9.17, 15) is 24.5 Å². The van der Waals surface area contributed by atoms with Gasteiger partial charge in [0.1, 0.15) is 23.8 Å². The van der Waals surface area contributed by atoms with Crippen molar-refractivity contribution < 1.29 is 33.2 Å². The van der Waals surface area contributed by atoms with E-state index in [4.69, 9.17) is 13.9 Å². The van der Waals surface area contributed by atoms with Crippen molar-refractivity contribution in [1.82, 2.24) is 4.90 Å². The van der Waals surface area contributed by atoms with Gasteiger partial charge in [0.15, 0.2) is 0 Å². The second-order valence-corrected chi connectivity index (χ2v) is 9.80. The molecule has 0 radical (unpaired) electrons. The molecule has 13 heteroatoms. The van der Waals surface area contributed by atoms with Gasteiger partial charge in [-0.2, -0.15) is 0 Å². The van der Waals surface area contributed by atoms with E-state index < -0.39 is 28.5 Å². The van der Waals surface area contributed by atoms with Crippen LogP contribution in [0.2, 0.25) is 0 Å². The van der Waals surface area contributed by atoms with E-state index in [1.54, 1.807) is 24.3 Å². The molecule has 40 heavy (non-hydrogen) atoms. The number of hydrogen-bond acceptors (Lipinski definition) is 10. The number of amides is 3. The Morgan fingerprint density at radius 1 is 1.12 bits per heavy atom. The molecule has 0 aliphatic carbocycles.